The molecule has 29 heavy (non-hydrogen) atoms. The van der Waals surface area contributed by atoms with Gasteiger partial charge in [-0.1, -0.05) is 18.2 Å². The SMILES string of the molecule is O=C(Cc1ccccc1N1CCC(c2ccsc2)C1)c1ccc2c(c1)OCCO2. The van der Waals surface area contributed by atoms with E-state index in [2.05, 4.69) is 39.9 Å². The van der Waals surface area contributed by atoms with Gasteiger partial charge in [-0.15, -0.1) is 0 Å². The number of thiophene rings is 1. The van der Waals surface area contributed by atoms with Gasteiger partial charge in [0.05, 0.1) is 0 Å². The Labute approximate surface area is 174 Å². The van der Waals surface area contributed by atoms with Crippen LogP contribution in [0.5, 0.6) is 11.5 Å². The zero-order chi connectivity index (χ0) is 19.6. The number of ether oxygens (including phenoxy) is 2. The number of Topliss-reactive ketones (excluding diaryl/α,β-unsaturated/α-hetero) is 1. The van der Waals surface area contributed by atoms with E-state index < -0.39 is 0 Å². The summed E-state index contributed by atoms with van der Waals surface area (Å²) in [5, 5.41) is 4.41. The molecule has 1 fully saturated rings. The van der Waals surface area contributed by atoms with Crippen LogP contribution in [0.2, 0.25) is 0 Å². The predicted octanol–water partition coefficient (Wildman–Crippen LogP) is 4.94. The summed E-state index contributed by atoms with van der Waals surface area (Å²) < 4.78 is 11.2. The highest BCUT2D eigenvalue weighted by Crippen LogP contribution is 2.34. The molecule has 0 N–H and O–H groups in total. The molecule has 3 aromatic rings. The Bertz CT molecular complexity index is 1010. The highest BCUT2D eigenvalue weighted by atomic mass is 32.1. The maximum Gasteiger partial charge on any atom is 0.167 e. The molecule has 2 aromatic carbocycles. The van der Waals surface area contributed by atoms with Gasteiger partial charge in [-0.3, -0.25) is 4.79 Å². The quantitative estimate of drug-likeness (QED) is 0.564. The van der Waals surface area contributed by atoms with Crippen molar-refractivity contribution < 1.29 is 14.3 Å². The lowest BCUT2D eigenvalue weighted by atomic mass is 10.00. The van der Waals surface area contributed by atoms with Gasteiger partial charge < -0.3 is 14.4 Å². The predicted molar refractivity (Wildman–Crippen MR) is 116 cm³/mol. The number of anilines is 1. The Balaban J connectivity index is 1.34. The van der Waals surface area contributed by atoms with Crippen LogP contribution in [0.4, 0.5) is 5.69 Å². The molecule has 5 heteroatoms. The average Bonchev–Trinajstić information content (AvgIpc) is 3.46. The van der Waals surface area contributed by atoms with Crippen molar-refractivity contribution in [2.45, 2.75) is 18.8 Å². The Morgan fingerprint density at radius 2 is 1.93 bits per heavy atom. The molecule has 0 amide bonds. The highest BCUT2D eigenvalue weighted by molar-refractivity contribution is 7.08. The lowest BCUT2D eigenvalue weighted by Crippen LogP contribution is -2.21. The van der Waals surface area contributed by atoms with Crippen molar-refractivity contribution in [1.29, 1.82) is 0 Å². The number of fused-ring (bicyclic) bond motifs is 1. The zero-order valence-electron chi connectivity index (χ0n) is 16.2. The number of benzene rings is 2. The molecule has 3 heterocycles. The number of carbonyl (C=O) groups is 1. The molecule has 5 rings (SSSR count). The fourth-order valence-corrected chi connectivity index (χ4v) is 4.96. The van der Waals surface area contributed by atoms with Gasteiger partial charge in [-0.25, -0.2) is 0 Å². The molecular weight excluding hydrogens is 382 g/mol. The first-order valence-electron chi connectivity index (χ1n) is 10.1. The largest absolute Gasteiger partial charge is 0.486 e. The Morgan fingerprint density at radius 3 is 2.79 bits per heavy atom. The standard InChI is InChI=1S/C24H23NO3S/c26-22(18-5-6-23-24(14-18)28-11-10-27-23)13-17-3-1-2-4-21(17)25-9-7-19(15-25)20-8-12-29-16-20/h1-6,8,12,14,16,19H,7,9-11,13,15H2. The first-order valence-corrected chi connectivity index (χ1v) is 11.0. The third-order valence-electron chi connectivity index (χ3n) is 5.75. The summed E-state index contributed by atoms with van der Waals surface area (Å²) in [6.45, 7) is 3.10. The van der Waals surface area contributed by atoms with E-state index in [-0.39, 0.29) is 5.78 Å². The van der Waals surface area contributed by atoms with Gasteiger partial charge in [0.2, 0.25) is 0 Å². The summed E-state index contributed by atoms with van der Waals surface area (Å²) in [5.74, 6) is 2.05. The number of nitrogens with zero attached hydrogens (tertiary/aromatic N) is 1. The summed E-state index contributed by atoms with van der Waals surface area (Å²) in [6, 6.07) is 16.0. The minimum atomic E-state index is 0.100. The molecule has 1 atom stereocenters. The monoisotopic (exact) mass is 405 g/mol. The van der Waals surface area contributed by atoms with Crippen LogP contribution in [0.1, 0.15) is 33.8 Å². The molecule has 148 valence electrons. The summed E-state index contributed by atoms with van der Waals surface area (Å²) >= 11 is 1.76. The normalized spacial score (nSPS) is 18.1. The van der Waals surface area contributed by atoms with Crippen molar-refractivity contribution in [3.8, 4) is 11.5 Å². The number of carbonyl (C=O) groups excluding carboxylic acids is 1. The van der Waals surface area contributed by atoms with Gasteiger partial charge in [-0.2, -0.15) is 11.3 Å². The molecule has 0 saturated carbocycles. The maximum atomic E-state index is 13.0. The number of para-hydroxylation sites is 1. The molecule has 0 bridgehead atoms. The van der Waals surface area contributed by atoms with Crippen molar-refractivity contribution in [1.82, 2.24) is 0 Å². The van der Waals surface area contributed by atoms with Crippen molar-refractivity contribution >= 4 is 22.8 Å². The summed E-state index contributed by atoms with van der Waals surface area (Å²) in [5.41, 5.74) is 4.36. The van der Waals surface area contributed by atoms with E-state index in [9.17, 15) is 4.79 Å². The molecule has 0 radical (unpaired) electrons. The van der Waals surface area contributed by atoms with Crippen molar-refractivity contribution in [2.24, 2.45) is 0 Å². The second-order valence-corrected chi connectivity index (χ2v) is 8.36. The van der Waals surface area contributed by atoms with Crippen LogP contribution in [0.15, 0.2) is 59.3 Å². The third kappa shape index (κ3) is 3.75. The zero-order valence-corrected chi connectivity index (χ0v) is 17.0. The van der Waals surface area contributed by atoms with E-state index in [1.54, 1.807) is 11.3 Å². The summed E-state index contributed by atoms with van der Waals surface area (Å²) in [7, 11) is 0. The fraction of sp³-hybridized carbons (Fsp3) is 0.292. The number of rotatable bonds is 5. The van der Waals surface area contributed by atoms with Crippen LogP contribution in [-0.4, -0.2) is 32.1 Å². The number of hydrogen-bond donors (Lipinski definition) is 0. The van der Waals surface area contributed by atoms with E-state index in [0.29, 0.717) is 42.6 Å². The van der Waals surface area contributed by atoms with Crippen LogP contribution in [0.3, 0.4) is 0 Å². The maximum absolute atomic E-state index is 13.0. The molecule has 2 aliphatic rings. The topological polar surface area (TPSA) is 38.8 Å². The summed E-state index contributed by atoms with van der Waals surface area (Å²) in [6.07, 6.45) is 1.54. The van der Waals surface area contributed by atoms with Gasteiger partial charge in [0.25, 0.3) is 0 Å². The Kier molecular flexibility index (Phi) is 4.98. The first-order chi connectivity index (χ1) is 14.3. The van der Waals surface area contributed by atoms with Crippen molar-refractivity contribution in [3.63, 3.8) is 0 Å². The molecule has 1 saturated heterocycles. The molecule has 2 aliphatic heterocycles. The van der Waals surface area contributed by atoms with Gasteiger partial charge in [0.15, 0.2) is 17.3 Å². The van der Waals surface area contributed by atoms with Crippen LogP contribution < -0.4 is 14.4 Å². The lowest BCUT2D eigenvalue weighted by molar-refractivity contribution is 0.0991. The van der Waals surface area contributed by atoms with Crippen LogP contribution in [-0.2, 0) is 6.42 Å². The molecule has 4 nitrogen and oxygen atoms in total. The lowest BCUT2D eigenvalue weighted by Gasteiger charge is -2.22. The van der Waals surface area contributed by atoms with E-state index in [1.807, 2.05) is 24.3 Å². The second-order valence-electron chi connectivity index (χ2n) is 7.58. The Morgan fingerprint density at radius 1 is 1.07 bits per heavy atom. The van der Waals surface area contributed by atoms with Crippen molar-refractivity contribution in [2.75, 3.05) is 31.2 Å². The molecule has 1 unspecified atom stereocenters. The van der Waals surface area contributed by atoms with Crippen LogP contribution >= 0.6 is 11.3 Å². The number of ketones is 1. The minimum absolute atomic E-state index is 0.100. The molecule has 1 aromatic heterocycles. The number of hydrogen-bond acceptors (Lipinski definition) is 5. The van der Waals surface area contributed by atoms with Crippen LogP contribution in [0, 0.1) is 0 Å². The Hall–Kier alpha value is -2.79. The van der Waals surface area contributed by atoms with E-state index >= 15 is 0 Å². The minimum Gasteiger partial charge on any atom is -0.486 e. The van der Waals surface area contributed by atoms with E-state index in [0.717, 1.165) is 25.1 Å². The van der Waals surface area contributed by atoms with E-state index in [1.165, 1.54) is 11.3 Å². The molecule has 0 spiro atoms. The van der Waals surface area contributed by atoms with Crippen LogP contribution in [0.25, 0.3) is 0 Å². The third-order valence-corrected chi connectivity index (χ3v) is 6.45. The van der Waals surface area contributed by atoms with Gasteiger partial charge in [-0.05, 0) is 58.6 Å². The smallest absolute Gasteiger partial charge is 0.167 e. The van der Waals surface area contributed by atoms with Gasteiger partial charge in [0.1, 0.15) is 13.2 Å². The van der Waals surface area contributed by atoms with Gasteiger partial charge >= 0.3 is 0 Å². The van der Waals surface area contributed by atoms with Gasteiger partial charge in [0, 0.05) is 36.7 Å². The highest BCUT2D eigenvalue weighted by Gasteiger charge is 2.26. The molecule has 0 aliphatic carbocycles. The first kappa shape index (κ1) is 18.3. The van der Waals surface area contributed by atoms with E-state index in [4.69, 9.17) is 9.47 Å². The molecular formula is C24H23NO3S. The van der Waals surface area contributed by atoms with Crippen molar-refractivity contribution in [3.05, 3.63) is 76.0 Å². The average molecular weight is 406 g/mol. The fourth-order valence-electron chi connectivity index (χ4n) is 4.22. The second kappa shape index (κ2) is 7.91. The summed E-state index contributed by atoms with van der Waals surface area (Å²) in [4.78, 5) is 15.4.